The molecule has 7 heteroatoms. The van der Waals surface area contributed by atoms with Crippen LogP contribution >= 0.6 is 0 Å². The van der Waals surface area contributed by atoms with Crippen LogP contribution in [0.1, 0.15) is 38.5 Å². The zero-order valence-corrected chi connectivity index (χ0v) is 12.8. The molecule has 0 saturated heterocycles. The van der Waals surface area contributed by atoms with E-state index in [1.807, 2.05) is 0 Å². The van der Waals surface area contributed by atoms with Crippen molar-refractivity contribution in [1.29, 1.82) is 0 Å². The highest BCUT2D eigenvalue weighted by Crippen LogP contribution is 2.29. The predicted octanol–water partition coefficient (Wildman–Crippen LogP) is 2.89. The number of hydrogen-bond donors (Lipinski definition) is 1. The Kier molecular flexibility index (Phi) is 4.83. The summed E-state index contributed by atoms with van der Waals surface area (Å²) in [7, 11) is -2.56. The van der Waals surface area contributed by atoms with E-state index in [9.17, 15) is 17.2 Å². The molecule has 0 spiro atoms. The van der Waals surface area contributed by atoms with E-state index in [1.165, 1.54) is 11.4 Å². The second-order valence-electron chi connectivity index (χ2n) is 5.44. The lowest BCUT2D eigenvalue weighted by atomic mass is 10.1. The summed E-state index contributed by atoms with van der Waals surface area (Å²) in [5, 5.41) is 0. The van der Waals surface area contributed by atoms with E-state index in [4.69, 9.17) is 5.73 Å². The Labute approximate surface area is 124 Å². The zero-order chi connectivity index (χ0) is 15.6. The van der Waals surface area contributed by atoms with Gasteiger partial charge in [-0.1, -0.05) is 25.7 Å². The number of rotatable bonds is 3. The Morgan fingerprint density at radius 1 is 1.14 bits per heavy atom. The van der Waals surface area contributed by atoms with Crippen LogP contribution in [0.25, 0.3) is 0 Å². The Bertz CT molecular complexity index is 612. The monoisotopic (exact) mass is 318 g/mol. The van der Waals surface area contributed by atoms with E-state index >= 15 is 0 Å². The SMILES string of the molecule is CN(C1CCCCCC1)S(=O)(=O)c1ccc(F)c(N)c1F. The van der Waals surface area contributed by atoms with Crippen LogP contribution in [0.15, 0.2) is 17.0 Å². The van der Waals surface area contributed by atoms with Gasteiger partial charge < -0.3 is 5.73 Å². The van der Waals surface area contributed by atoms with Gasteiger partial charge in [-0.15, -0.1) is 0 Å². The molecule has 0 bridgehead atoms. The summed E-state index contributed by atoms with van der Waals surface area (Å²) in [5.41, 5.74) is 4.49. The second-order valence-corrected chi connectivity index (χ2v) is 7.41. The van der Waals surface area contributed by atoms with E-state index in [0.29, 0.717) is 0 Å². The fourth-order valence-electron chi connectivity index (χ4n) is 2.72. The third-order valence-corrected chi connectivity index (χ3v) is 6.01. The largest absolute Gasteiger partial charge is 0.394 e. The molecule has 0 heterocycles. The topological polar surface area (TPSA) is 63.4 Å². The average Bonchev–Trinajstić information content (AvgIpc) is 2.72. The van der Waals surface area contributed by atoms with Gasteiger partial charge in [0.2, 0.25) is 10.0 Å². The van der Waals surface area contributed by atoms with Gasteiger partial charge >= 0.3 is 0 Å². The molecular weight excluding hydrogens is 298 g/mol. The second kappa shape index (κ2) is 6.27. The van der Waals surface area contributed by atoms with Crippen molar-refractivity contribution in [3.63, 3.8) is 0 Å². The van der Waals surface area contributed by atoms with Gasteiger partial charge in [0.15, 0.2) is 5.82 Å². The number of halogens is 2. The molecule has 0 radical (unpaired) electrons. The molecule has 21 heavy (non-hydrogen) atoms. The fraction of sp³-hybridized carbons (Fsp3) is 0.571. The normalized spacial score (nSPS) is 17.9. The van der Waals surface area contributed by atoms with Crippen molar-refractivity contribution in [3.8, 4) is 0 Å². The predicted molar refractivity (Wildman–Crippen MR) is 77.2 cm³/mol. The van der Waals surface area contributed by atoms with E-state index in [2.05, 4.69) is 0 Å². The van der Waals surface area contributed by atoms with Crippen molar-refractivity contribution in [2.75, 3.05) is 12.8 Å². The first-order chi connectivity index (χ1) is 9.85. The highest BCUT2D eigenvalue weighted by molar-refractivity contribution is 7.89. The number of anilines is 1. The first kappa shape index (κ1) is 16.2. The maximum atomic E-state index is 14.0. The molecule has 0 aromatic heterocycles. The minimum atomic E-state index is -4.01. The Morgan fingerprint density at radius 2 is 1.71 bits per heavy atom. The lowest BCUT2D eigenvalue weighted by molar-refractivity contribution is 0.334. The van der Waals surface area contributed by atoms with Gasteiger partial charge in [0.05, 0.1) is 0 Å². The van der Waals surface area contributed by atoms with Crippen LogP contribution in [0.5, 0.6) is 0 Å². The van der Waals surface area contributed by atoms with Crippen LogP contribution in [-0.2, 0) is 10.0 Å². The number of sulfonamides is 1. The maximum absolute atomic E-state index is 14.0. The Hall–Kier alpha value is -1.21. The molecule has 2 N–H and O–H groups in total. The van der Waals surface area contributed by atoms with Gasteiger partial charge in [-0.2, -0.15) is 4.31 Å². The molecule has 0 amide bonds. The van der Waals surface area contributed by atoms with Crippen molar-refractivity contribution in [1.82, 2.24) is 4.31 Å². The smallest absolute Gasteiger partial charge is 0.246 e. The van der Waals surface area contributed by atoms with Crippen molar-refractivity contribution in [3.05, 3.63) is 23.8 Å². The van der Waals surface area contributed by atoms with Crippen LogP contribution < -0.4 is 5.73 Å². The van der Waals surface area contributed by atoms with Crippen molar-refractivity contribution in [2.24, 2.45) is 0 Å². The highest BCUT2D eigenvalue weighted by atomic mass is 32.2. The van der Waals surface area contributed by atoms with E-state index in [0.717, 1.165) is 50.7 Å². The summed E-state index contributed by atoms with van der Waals surface area (Å²) in [6, 6.07) is 1.67. The number of nitrogen functional groups attached to an aromatic ring is 1. The van der Waals surface area contributed by atoms with Gasteiger partial charge in [0, 0.05) is 13.1 Å². The zero-order valence-electron chi connectivity index (χ0n) is 12.0. The molecule has 2 rings (SSSR count). The van der Waals surface area contributed by atoms with Gasteiger partial charge in [0.25, 0.3) is 0 Å². The molecule has 1 aromatic rings. The molecule has 0 aliphatic heterocycles. The molecule has 0 atom stereocenters. The van der Waals surface area contributed by atoms with Gasteiger partial charge in [-0.25, -0.2) is 17.2 Å². The number of benzene rings is 1. The average molecular weight is 318 g/mol. The third kappa shape index (κ3) is 3.18. The van der Waals surface area contributed by atoms with Gasteiger partial charge in [-0.05, 0) is 25.0 Å². The Morgan fingerprint density at radius 3 is 2.29 bits per heavy atom. The van der Waals surface area contributed by atoms with Crippen LogP contribution in [0, 0.1) is 11.6 Å². The molecule has 4 nitrogen and oxygen atoms in total. The van der Waals surface area contributed by atoms with Crippen LogP contribution in [-0.4, -0.2) is 25.8 Å². The lowest BCUT2D eigenvalue weighted by Gasteiger charge is -2.26. The summed E-state index contributed by atoms with van der Waals surface area (Å²) < 4.78 is 53.5. The quantitative estimate of drug-likeness (QED) is 0.688. The first-order valence-electron chi connectivity index (χ1n) is 7.07. The van der Waals surface area contributed by atoms with E-state index in [-0.39, 0.29) is 6.04 Å². The lowest BCUT2D eigenvalue weighted by Crippen LogP contribution is -2.37. The molecule has 1 saturated carbocycles. The van der Waals surface area contributed by atoms with Crippen molar-refractivity contribution < 1.29 is 17.2 Å². The summed E-state index contributed by atoms with van der Waals surface area (Å²) in [6.45, 7) is 0. The van der Waals surface area contributed by atoms with Crippen molar-refractivity contribution in [2.45, 2.75) is 49.5 Å². The van der Waals surface area contributed by atoms with E-state index < -0.39 is 32.2 Å². The molecular formula is C14H20F2N2O2S. The Balaban J connectivity index is 2.35. The molecule has 1 aliphatic carbocycles. The molecule has 1 fully saturated rings. The molecule has 0 unspecified atom stereocenters. The summed E-state index contributed by atoms with van der Waals surface area (Å²) >= 11 is 0. The number of nitrogens with zero attached hydrogens (tertiary/aromatic N) is 1. The summed E-state index contributed by atoms with van der Waals surface area (Å²) in [4.78, 5) is -0.562. The van der Waals surface area contributed by atoms with Gasteiger partial charge in [-0.3, -0.25) is 0 Å². The number of hydrogen-bond acceptors (Lipinski definition) is 3. The first-order valence-corrected chi connectivity index (χ1v) is 8.51. The standard InChI is InChI=1S/C14H20F2N2O2S/c1-18(10-6-4-2-3-5-7-10)21(19,20)12-9-8-11(15)14(17)13(12)16/h8-10H,2-7,17H2,1H3. The number of nitrogens with two attached hydrogens (primary N) is 1. The maximum Gasteiger partial charge on any atom is 0.246 e. The van der Waals surface area contributed by atoms with Crippen LogP contribution in [0.3, 0.4) is 0 Å². The minimum Gasteiger partial charge on any atom is -0.394 e. The molecule has 1 aliphatic rings. The fourth-order valence-corrected chi connectivity index (χ4v) is 4.21. The van der Waals surface area contributed by atoms with Crippen LogP contribution in [0.4, 0.5) is 14.5 Å². The summed E-state index contributed by atoms with van der Waals surface area (Å²) in [6.07, 6.45) is 5.60. The van der Waals surface area contributed by atoms with Crippen LogP contribution in [0.2, 0.25) is 0 Å². The van der Waals surface area contributed by atoms with Gasteiger partial charge in [0.1, 0.15) is 16.4 Å². The highest BCUT2D eigenvalue weighted by Gasteiger charge is 2.31. The molecule has 1 aromatic carbocycles. The minimum absolute atomic E-state index is 0.150. The molecule has 118 valence electrons. The van der Waals surface area contributed by atoms with E-state index in [1.54, 1.807) is 0 Å². The summed E-state index contributed by atoms with van der Waals surface area (Å²) in [5.74, 6) is -2.17. The van der Waals surface area contributed by atoms with Crippen molar-refractivity contribution >= 4 is 15.7 Å². The third-order valence-electron chi connectivity index (χ3n) is 4.09.